The van der Waals surface area contributed by atoms with E-state index in [1.807, 2.05) is 85.2 Å². The zero-order valence-electron chi connectivity index (χ0n) is 79.6. The first-order chi connectivity index (χ1) is 47.7. The summed E-state index contributed by atoms with van der Waals surface area (Å²) in [5, 5.41) is 0. The number of aromatic nitrogens is 5. The fourth-order valence-corrected chi connectivity index (χ4v) is 7.50. The van der Waals surface area contributed by atoms with Crippen molar-refractivity contribution in [2.45, 2.75) is 336 Å². The summed E-state index contributed by atoms with van der Waals surface area (Å²) in [5.41, 5.74) is 11.4. The Hall–Kier alpha value is -1.72. The maximum atomic E-state index is 4.23. The molecule has 623 valence electrons. The Morgan fingerprint density at radius 3 is 0.893 bits per heavy atom. The third kappa shape index (κ3) is 156. The van der Waals surface area contributed by atoms with Crippen LogP contribution in [0.5, 0.6) is 0 Å². The average molecular weight is 1790 g/mol. The Morgan fingerprint density at radius 1 is 0.250 bits per heavy atom. The molecular weight excluding hydrogens is 1630 g/mol. The standard InChI is InChI=1S/2C11H15.5C10H14N.7C4H9.7V/c2*1-11(2,3)9-10-7-5-4-6-8-10;1-10(2,3)8-9-4-6-11-7-5-9;2*1-10(2,3)7-9-5-4-6-11-8-9;2*1-10(2,3)8-9-6-4-5-7-11-9;7*1-4(2)3;;;;;;;/h5-8H,9H2,1-3H3;4-5,7-8H,9H2,1-3H3;4-6H,8H2,1-3H3;5-6,8H,7H2,1-3H3;4-5,8H,7H2,1-3H3;5-7H,8H2,1-3H3;4,6-7H,8H2,1-3H3;7*1-3H3;;;;;;;/q14*-1;7*+2. The second-order valence-electron chi connectivity index (χ2n) is 38.9. The van der Waals surface area contributed by atoms with Crippen LogP contribution in [0.4, 0.5) is 0 Å². The summed E-state index contributed by atoms with van der Waals surface area (Å²) < 4.78 is 0. The van der Waals surface area contributed by atoms with Crippen molar-refractivity contribution in [2.24, 2.45) is 37.9 Å². The predicted octanol–water partition coefficient (Wildman–Crippen LogP) is 29.8. The summed E-state index contributed by atoms with van der Waals surface area (Å²) in [6, 6.07) is 49.0. The third-order valence-corrected chi connectivity index (χ3v) is 10.0. The molecule has 0 spiro atoms. The topological polar surface area (TPSA) is 64.5 Å². The SMILES string of the molecule is CC(C)(C)Cc1c[c-]ccc1.CC(C)(C)Cc1c[c-]ccn1.CC(C)(C)Cc1c[c-]cnc1.CC(C)(C)Cc1c[c-]ncc1.CC(C)(C)Cc1cc[c-]cc1.CC(C)(C)Cc1cc[c-]cn1.CC(C)(C)Cc1cc[c-]nc1.C[C-](C)C.C[C-](C)C.C[C-](C)C.C[C-](C)C.C[C-](C)C.C[C-](C)C.C[C-](C)C.[V+2].[V+2].[V+2].[V+2].[V+2].[V+2].[V+2]. The summed E-state index contributed by atoms with van der Waals surface area (Å²) >= 11 is 0. The molecule has 5 heterocycles. The Bertz CT molecular complexity index is 2280. The monoisotopic (exact) mass is 1790 g/mol. The van der Waals surface area contributed by atoms with E-state index in [9.17, 15) is 0 Å². The van der Waals surface area contributed by atoms with Crippen LogP contribution in [0.1, 0.15) is 330 Å². The molecule has 0 bridgehead atoms. The molecule has 0 unspecified atom stereocenters. The number of pyridine rings is 5. The maximum absolute atomic E-state index is 4.23. The van der Waals surface area contributed by atoms with Crippen molar-refractivity contribution in [2.75, 3.05) is 0 Å². The number of benzene rings is 2. The average Bonchev–Trinajstić information content (AvgIpc) is 0.964. The van der Waals surface area contributed by atoms with Crippen LogP contribution in [0, 0.1) is 122 Å². The van der Waals surface area contributed by atoms with E-state index in [1.54, 1.807) is 24.8 Å². The Morgan fingerprint density at radius 2 is 0.589 bits per heavy atom. The van der Waals surface area contributed by atoms with Crippen LogP contribution in [0.3, 0.4) is 0 Å². The number of hydrogen-bond acceptors (Lipinski definition) is 5. The van der Waals surface area contributed by atoms with E-state index in [-0.39, 0.29) is 130 Å². The molecule has 0 fully saturated rings. The van der Waals surface area contributed by atoms with Crippen molar-refractivity contribution in [1.29, 1.82) is 0 Å². The van der Waals surface area contributed by atoms with Gasteiger partial charge in [-0.3, -0.25) is 0 Å². The van der Waals surface area contributed by atoms with Crippen LogP contribution in [-0.4, -0.2) is 24.9 Å². The minimum Gasteiger partial charge on any atom is -0.394 e. The van der Waals surface area contributed by atoms with Gasteiger partial charge in [0.15, 0.2) is 0 Å². The van der Waals surface area contributed by atoms with E-state index in [2.05, 4.69) is 389 Å². The molecule has 112 heavy (non-hydrogen) atoms. The van der Waals surface area contributed by atoms with E-state index in [1.165, 1.54) is 69.2 Å². The summed E-state index contributed by atoms with van der Waals surface area (Å²) in [5.74, 6) is 9.92. The van der Waals surface area contributed by atoms with Crippen molar-refractivity contribution < 1.29 is 130 Å². The van der Waals surface area contributed by atoms with Crippen molar-refractivity contribution >= 4 is 0 Å². The molecule has 0 N–H and O–H groups in total. The zero-order valence-corrected chi connectivity index (χ0v) is 89.4. The third-order valence-electron chi connectivity index (χ3n) is 10.0. The molecule has 7 radical (unpaired) electrons. The van der Waals surface area contributed by atoms with Gasteiger partial charge in [0.05, 0.1) is 0 Å². The fraction of sp³-hybridized carbons (Fsp3) is 0.560. The second-order valence-corrected chi connectivity index (χ2v) is 38.9. The largest absolute Gasteiger partial charge is 2.00 e. The van der Waals surface area contributed by atoms with Crippen molar-refractivity contribution in [3.63, 3.8) is 0 Å². The Balaban J connectivity index is -0.0000000781. The molecule has 7 rings (SSSR count). The van der Waals surface area contributed by atoms with Gasteiger partial charge in [0.1, 0.15) is 0 Å². The van der Waals surface area contributed by atoms with Gasteiger partial charge in [0.2, 0.25) is 0 Å². The van der Waals surface area contributed by atoms with Crippen LogP contribution in [0.15, 0.2) is 140 Å². The fourth-order valence-electron chi connectivity index (χ4n) is 7.50. The molecule has 5 nitrogen and oxygen atoms in total. The predicted molar refractivity (Wildman–Crippen MR) is 470 cm³/mol. The first kappa shape index (κ1) is 142. The van der Waals surface area contributed by atoms with Gasteiger partial charge in [-0.25, -0.2) is 24.3 Å². The zero-order chi connectivity index (χ0) is 83.3. The molecule has 0 amide bonds. The summed E-state index contributed by atoms with van der Waals surface area (Å²) in [6.07, 6.45) is 23.9. The van der Waals surface area contributed by atoms with Gasteiger partial charge in [-0.15, -0.1) is 5.56 Å². The Labute approximate surface area is 784 Å². The molecule has 2 aromatic carbocycles. The molecule has 0 aliphatic heterocycles. The van der Waals surface area contributed by atoms with Crippen molar-refractivity contribution in [1.82, 2.24) is 24.9 Å². The number of nitrogens with zero attached hydrogens (tertiary/aromatic N) is 5. The van der Waals surface area contributed by atoms with Crippen molar-refractivity contribution in [3.05, 3.63) is 264 Å². The normalized spacial score (nSPS) is 10.2. The van der Waals surface area contributed by atoms with Gasteiger partial charge in [0, 0.05) is 0 Å². The smallest absolute Gasteiger partial charge is 0.394 e. The van der Waals surface area contributed by atoms with Crippen molar-refractivity contribution in [3.8, 4) is 0 Å². The quantitative estimate of drug-likeness (QED) is 0.149. The van der Waals surface area contributed by atoms with Gasteiger partial charge < -0.3 is 66.3 Å². The summed E-state index contributed by atoms with van der Waals surface area (Å²) in [6.45, 7) is 90.6. The summed E-state index contributed by atoms with van der Waals surface area (Å²) in [4.78, 5) is 20.2. The van der Waals surface area contributed by atoms with E-state index in [0.717, 1.165) is 56.3 Å². The first-order valence-electron chi connectivity index (χ1n) is 38.0. The van der Waals surface area contributed by atoms with Gasteiger partial charge in [-0.2, -0.15) is 277 Å². The second kappa shape index (κ2) is 83.0. The minimum atomic E-state index is 0. The first-order valence-corrected chi connectivity index (χ1v) is 38.0. The molecule has 0 saturated heterocycles. The molecule has 12 heteroatoms. The molecule has 0 saturated carbocycles. The maximum Gasteiger partial charge on any atom is 2.00 e. The van der Waals surface area contributed by atoms with Gasteiger partial charge in [0.25, 0.3) is 0 Å². The molecule has 0 aliphatic carbocycles. The summed E-state index contributed by atoms with van der Waals surface area (Å²) in [7, 11) is 0. The van der Waals surface area contributed by atoms with Gasteiger partial charge >= 0.3 is 130 Å². The molecule has 0 aliphatic rings. The Kier molecular flexibility index (Phi) is 105. The molecule has 5 aromatic heterocycles. The van der Waals surface area contributed by atoms with E-state index < -0.39 is 0 Å². The van der Waals surface area contributed by atoms with Crippen LogP contribution in [-0.2, 0) is 175 Å². The molecular formula is C100H163N5V7. The van der Waals surface area contributed by atoms with Crippen LogP contribution in [0.25, 0.3) is 0 Å². The number of rotatable bonds is 7. The molecule has 0 atom stereocenters. The number of hydrogen-bond donors (Lipinski definition) is 0. The van der Waals surface area contributed by atoms with E-state index >= 15 is 0 Å². The van der Waals surface area contributed by atoms with Gasteiger partial charge in [-0.1, -0.05) is 226 Å². The minimum absolute atomic E-state index is 0. The van der Waals surface area contributed by atoms with Crippen LogP contribution in [0.2, 0.25) is 0 Å². The van der Waals surface area contributed by atoms with Crippen LogP contribution >= 0.6 is 0 Å². The van der Waals surface area contributed by atoms with E-state index in [0.29, 0.717) is 37.9 Å². The van der Waals surface area contributed by atoms with Gasteiger partial charge in [-0.05, 0) is 62.9 Å². The van der Waals surface area contributed by atoms with Crippen LogP contribution < -0.4 is 0 Å². The van der Waals surface area contributed by atoms with E-state index in [4.69, 9.17) is 0 Å². The molecule has 7 aromatic rings.